The SMILES string of the molecule is Cc1c(C(=O)C2=C(O)C(=O)N(CCCN(C)C)C2c2cccc(F)c2)sc2nc3ccccc3n12. The largest absolute Gasteiger partial charge is 0.503 e. The first-order chi connectivity index (χ1) is 16.8. The first-order valence-corrected chi connectivity index (χ1v) is 12.1. The molecule has 1 aliphatic rings. The van der Waals surface area contributed by atoms with E-state index in [1.54, 1.807) is 12.1 Å². The van der Waals surface area contributed by atoms with Crippen LogP contribution in [0.5, 0.6) is 0 Å². The van der Waals surface area contributed by atoms with Gasteiger partial charge in [0, 0.05) is 12.2 Å². The van der Waals surface area contributed by atoms with E-state index in [1.165, 1.54) is 28.4 Å². The fraction of sp³-hybridized carbons (Fsp3) is 0.269. The molecule has 2 aromatic carbocycles. The molecule has 0 radical (unpaired) electrons. The van der Waals surface area contributed by atoms with Gasteiger partial charge in [-0.15, -0.1) is 0 Å². The van der Waals surface area contributed by atoms with Crippen LogP contribution in [-0.2, 0) is 4.79 Å². The van der Waals surface area contributed by atoms with Gasteiger partial charge in [-0.2, -0.15) is 0 Å². The number of thiazole rings is 1. The zero-order valence-electron chi connectivity index (χ0n) is 19.7. The number of benzene rings is 2. The van der Waals surface area contributed by atoms with Crippen molar-refractivity contribution in [2.24, 2.45) is 0 Å². The quantitative estimate of drug-likeness (QED) is 0.384. The van der Waals surface area contributed by atoms with Gasteiger partial charge in [0.1, 0.15) is 5.82 Å². The van der Waals surface area contributed by atoms with Gasteiger partial charge in [0.05, 0.1) is 27.5 Å². The number of hydrogen-bond donors (Lipinski definition) is 1. The van der Waals surface area contributed by atoms with Crippen LogP contribution in [0.4, 0.5) is 4.39 Å². The average Bonchev–Trinajstić information content (AvgIpc) is 3.43. The molecule has 1 N–H and O–H groups in total. The van der Waals surface area contributed by atoms with Crippen LogP contribution in [-0.4, -0.2) is 63.2 Å². The van der Waals surface area contributed by atoms with Crippen molar-refractivity contribution in [2.45, 2.75) is 19.4 Å². The topological polar surface area (TPSA) is 78.2 Å². The van der Waals surface area contributed by atoms with Crippen molar-refractivity contribution in [1.82, 2.24) is 19.2 Å². The van der Waals surface area contributed by atoms with Crippen LogP contribution < -0.4 is 0 Å². The molecule has 0 aliphatic carbocycles. The van der Waals surface area contributed by atoms with Crippen molar-refractivity contribution < 1.29 is 19.1 Å². The van der Waals surface area contributed by atoms with Crippen molar-refractivity contribution in [3.63, 3.8) is 0 Å². The second-order valence-corrected chi connectivity index (χ2v) is 9.92. The van der Waals surface area contributed by atoms with Gasteiger partial charge in [0.15, 0.2) is 10.7 Å². The molecule has 1 amide bonds. The van der Waals surface area contributed by atoms with E-state index in [2.05, 4.69) is 4.98 Å². The Morgan fingerprint density at radius 2 is 1.97 bits per heavy atom. The number of carbonyl (C=O) groups excluding carboxylic acids is 2. The third kappa shape index (κ3) is 3.90. The number of aromatic nitrogens is 2. The van der Waals surface area contributed by atoms with Gasteiger partial charge >= 0.3 is 0 Å². The number of imidazole rings is 1. The Kier molecular flexibility index (Phi) is 5.90. The molecule has 7 nitrogen and oxygen atoms in total. The summed E-state index contributed by atoms with van der Waals surface area (Å²) in [5.74, 6) is -2.12. The average molecular weight is 493 g/mol. The van der Waals surface area contributed by atoms with Gasteiger partial charge in [-0.3, -0.25) is 14.0 Å². The van der Waals surface area contributed by atoms with E-state index in [0.717, 1.165) is 17.6 Å². The Bertz CT molecular complexity index is 1500. The highest BCUT2D eigenvalue weighted by atomic mass is 32.1. The maximum atomic E-state index is 14.2. The van der Waals surface area contributed by atoms with Crippen LogP contribution in [0, 0.1) is 12.7 Å². The maximum Gasteiger partial charge on any atom is 0.290 e. The van der Waals surface area contributed by atoms with Crippen molar-refractivity contribution >= 4 is 39.0 Å². The molecule has 180 valence electrons. The van der Waals surface area contributed by atoms with Crippen molar-refractivity contribution in [1.29, 1.82) is 0 Å². The summed E-state index contributed by atoms with van der Waals surface area (Å²) in [5, 5.41) is 10.9. The van der Waals surface area contributed by atoms with Crippen molar-refractivity contribution in [2.75, 3.05) is 27.2 Å². The predicted octanol–water partition coefficient (Wildman–Crippen LogP) is 4.53. The van der Waals surface area contributed by atoms with Gasteiger partial charge < -0.3 is 14.9 Å². The number of amides is 1. The van der Waals surface area contributed by atoms with Gasteiger partial charge in [-0.25, -0.2) is 9.37 Å². The Labute approximate surface area is 205 Å². The fourth-order valence-corrected chi connectivity index (χ4v) is 5.79. The van der Waals surface area contributed by atoms with E-state index in [4.69, 9.17) is 0 Å². The maximum absolute atomic E-state index is 14.2. The Morgan fingerprint density at radius 1 is 1.20 bits per heavy atom. The number of nitrogens with zero attached hydrogens (tertiary/aromatic N) is 4. The highest BCUT2D eigenvalue weighted by molar-refractivity contribution is 7.19. The summed E-state index contributed by atoms with van der Waals surface area (Å²) in [6.45, 7) is 2.86. The molecule has 1 atom stereocenters. The molecule has 0 spiro atoms. The van der Waals surface area contributed by atoms with Crippen LogP contribution in [0.3, 0.4) is 0 Å². The minimum Gasteiger partial charge on any atom is -0.503 e. The van der Waals surface area contributed by atoms with E-state index < -0.39 is 29.3 Å². The standard InChI is InChI=1S/C26H25FN4O3S/c1-15-24(35-26-28-18-10-4-5-11-19(18)31(15)26)22(32)20-21(16-8-6-9-17(27)14-16)30(25(34)23(20)33)13-7-12-29(2)3/h4-6,8-11,14,21,33H,7,12-13H2,1-3H3. The molecular formula is C26H25FN4O3S. The number of fused-ring (bicyclic) bond motifs is 3. The lowest BCUT2D eigenvalue weighted by atomic mass is 9.95. The summed E-state index contributed by atoms with van der Waals surface area (Å²) < 4.78 is 16.1. The zero-order chi connectivity index (χ0) is 24.9. The summed E-state index contributed by atoms with van der Waals surface area (Å²) >= 11 is 1.22. The number of aliphatic hydroxyl groups excluding tert-OH is 1. The normalized spacial score (nSPS) is 16.4. The van der Waals surface area contributed by atoms with Crippen LogP contribution in [0.25, 0.3) is 16.0 Å². The van der Waals surface area contributed by atoms with Gasteiger partial charge in [0.2, 0.25) is 5.78 Å². The molecule has 35 heavy (non-hydrogen) atoms. The van der Waals surface area contributed by atoms with Gasteiger partial charge in [-0.05, 0) is 63.8 Å². The Morgan fingerprint density at radius 3 is 2.71 bits per heavy atom. The molecule has 0 bridgehead atoms. The molecule has 1 unspecified atom stereocenters. The lowest BCUT2D eigenvalue weighted by Gasteiger charge is -2.27. The molecule has 0 saturated heterocycles. The van der Waals surface area contributed by atoms with Crippen LogP contribution in [0.15, 0.2) is 59.9 Å². The second-order valence-electron chi connectivity index (χ2n) is 8.94. The number of halogens is 1. The number of aliphatic hydroxyl groups is 1. The summed E-state index contributed by atoms with van der Waals surface area (Å²) in [5.41, 5.74) is 2.80. The number of aryl methyl sites for hydroxylation is 1. The molecule has 1 aliphatic heterocycles. The second kappa shape index (κ2) is 8.90. The highest BCUT2D eigenvalue weighted by Gasteiger charge is 2.44. The van der Waals surface area contributed by atoms with E-state index >= 15 is 0 Å². The number of para-hydroxylation sites is 2. The van der Waals surface area contributed by atoms with E-state index in [9.17, 15) is 19.1 Å². The van der Waals surface area contributed by atoms with Gasteiger partial charge in [-0.1, -0.05) is 35.6 Å². The fourth-order valence-electron chi connectivity index (χ4n) is 4.69. The first kappa shape index (κ1) is 23.2. The first-order valence-electron chi connectivity index (χ1n) is 11.3. The summed E-state index contributed by atoms with van der Waals surface area (Å²) in [6.07, 6.45) is 0.636. The lowest BCUT2D eigenvalue weighted by Crippen LogP contribution is -2.33. The Hall–Kier alpha value is -3.56. The number of hydrogen-bond acceptors (Lipinski definition) is 6. The zero-order valence-corrected chi connectivity index (χ0v) is 20.5. The molecule has 2 aromatic heterocycles. The smallest absolute Gasteiger partial charge is 0.290 e. The molecule has 9 heteroatoms. The number of carbonyl (C=O) groups is 2. The van der Waals surface area contributed by atoms with Crippen LogP contribution in [0.2, 0.25) is 0 Å². The minimum atomic E-state index is -0.876. The van der Waals surface area contributed by atoms with Crippen LogP contribution >= 0.6 is 11.3 Å². The highest BCUT2D eigenvalue weighted by Crippen LogP contribution is 2.41. The summed E-state index contributed by atoms with van der Waals surface area (Å²) in [6, 6.07) is 12.6. The number of Topliss-reactive ketones (excluding diaryl/α,β-unsaturated/α-hetero) is 1. The minimum absolute atomic E-state index is 0.0256. The number of ketones is 1. The predicted molar refractivity (Wildman–Crippen MR) is 133 cm³/mol. The van der Waals surface area contributed by atoms with E-state index in [-0.39, 0.29) is 5.57 Å². The molecular weight excluding hydrogens is 467 g/mol. The van der Waals surface area contributed by atoms with Crippen molar-refractivity contribution in [3.05, 3.63) is 81.8 Å². The van der Waals surface area contributed by atoms with Crippen molar-refractivity contribution in [3.8, 4) is 0 Å². The molecule has 0 fully saturated rings. The van der Waals surface area contributed by atoms with Crippen LogP contribution in [0.1, 0.15) is 33.4 Å². The lowest BCUT2D eigenvalue weighted by molar-refractivity contribution is -0.129. The Balaban J connectivity index is 1.60. The summed E-state index contributed by atoms with van der Waals surface area (Å²) in [4.78, 5) is 36.1. The monoisotopic (exact) mass is 492 g/mol. The van der Waals surface area contributed by atoms with E-state index in [1.807, 2.05) is 54.6 Å². The molecule has 4 aromatic rings. The van der Waals surface area contributed by atoms with E-state index in [0.29, 0.717) is 34.1 Å². The molecule has 0 saturated carbocycles. The molecule has 5 rings (SSSR count). The third-order valence-corrected chi connectivity index (χ3v) is 7.45. The third-order valence-electron chi connectivity index (χ3n) is 6.31. The number of rotatable bonds is 7. The summed E-state index contributed by atoms with van der Waals surface area (Å²) in [7, 11) is 3.86. The van der Waals surface area contributed by atoms with Gasteiger partial charge in [0.25, 0.3) is 5.91 Å². The molecule has 3 heterocycles.